The van der Waals surface area contributed by atoms with Gasteiger partial charge in [0.25, 0.3) is 5.69 Å². The Bertz CT molecular complexity index is 931. The lowest BCUT2D eigenvalue weighted by Gasteiger charge is -2.38. The van der Waals surface area contributed by atoms with Gasteiger partial charge >= 0.3 is 0 Å². The molecule has 0 bridgehead atoms. The SMILES string of the molecule is COc1ccc(C)cc1C1(CNC(=O)C=Cc2ccc([N+](=O)[O-])cc2)CCOCC1. The van der Waals surface area contributed by atoms with Gasteiger partial charge in [0.05, 0.1) is 12.0 Å². The molecule has 0 unspecified atom stereocenters. The number of non-ortho nitro benzene ring substituents is 1. The summed E-state index contributed by atoms with van der Waals surface area (Å²) in [5.41, 5.74) is 2.71. The van der Waals surface area contributed by atoms with Crippen molar-refractivity contribution in [1.82, 2.24) is 5.32 Å². The van der Waals surface area contributed by atoms with Crippen LogP contribution in [0, 0.1) is 17.0 Å². The Morgan fingerprint density at radius 3 is 2.57 bits per heavy atom. The van der Waals surface area contributed by atoms with Crippen LogP contribution in [0.5, 0.6) is 5.75 Å². The lowest BCUT2D eigenvalue weighted by molar-refractivity contribution is -0.384. The molecule has 2 aromatic rings. The monoisotopic (exact) mass is 410 g/mol. The molecule has 3 rings (SSSR count). The second-order valence-electron chi connectivity index (χ2n) is 7.50. The zero-order valence-electron chi connectivity index (χ0n) is 17.2. The van der Waals surface area contributed by atoms with E-state index in [2.05, 4.69) is 11.4 Å². The molecule has 0 aromatic heterocycles. The highest BCUT2D eigenvalue weighted by atomic mass is 16.6. The molecule has 0 spiro atoms. The van der Waals surface area contributed by atoms with Crippen molar-refractivity contribution < 1.29 is 19.2 Å². The topological polar surface area (TPSA) is 90.7 Å². The van der Waals surface area contributed by atoms with Crippen LogP contribution in [0.2, 0.25) is 0 Å². The van der Waals surface area contributed by atoms with Gasteiger partial charge in [-0.3, -0.25) is 14.9 Å². The Balaban J connectivity index is 1.72. The third-order valence-corrected chi connectivity index (χ3v) is 5.51. The molecule has 0 atom stereocenters. The lowest BCUT2D eigenvalue weighted by Crippen LogP contribution is -2.44. The highest BCUT2D eigenvalue weighted by Crippen LogP contribution is 2.40. The van der Waals surface area contributed by atoms with Crippen LogP contribution in [-0.2, 0) is 14.9 Å². The van der Waals surface area contributed by atoms with Crippen LogP contribution in [0.1, 0.15) is 29.5 Å². The summed E-state index contributed by atoms with van der Waals surface area (Å²) in [5.74, 6) is 0.601. The number of hydrogen-bond donors (Lipinski definition) is 1. The van der Waals surface area contributed by atoms with E-state index in [1.165, 1.54) is 18.2 Å². The van der Waals surface area contributed by atoms with E-state index in [0.717, 1.165) is 35.3 Å². The molecule has 0 saturated carbocycles. The molecule has 7 heteroatoms. The molecule has 1 fully saturated rings. The van der Waals surface area contributed by atoms with E-state index in [-0.39, 0.29) is 17.0 Å². The van der Waals surface area contributed by atoms with Crippen LogP contribution in [-0.4, -0.2) is 37.7 Å². The molecule has 1 N–H and O–H groups in total. The number of carbonyl (C=O) groups excluding carboxylic acids is 1. The molecule has 0 aliphatic carbocycles. The van der Waals surface area contributed by atoms with Gasteiger partial charge in [-0.2, -0.15) is 0 Å². The molecular formula is C23H26N2O5. The van der Waals surface area contributed by atoms with E-state index in [4.69, 9.17) is 9.47 Å². The molecular weight excluding hydrogens is 384 g/mol. The van der Waals surface area contributed by atoms with Crippen molar-refractivity contribution in [2.75, 3.05) is 26.9 Å². The fraction of sp³-hybridized carbons (Fsp3) is 0.348. The van der Waals surface area contributed by atoms with Crippen molar-refractivity contribution in [2.45, 2.75) is 25.2 Å². The third-order valence-electron chi connectivity index (χ3n) is 5.51. The van der Waals surface area contributed by atoms with Crippen molar-refractivity contribution in [3.63, 3.8) is 0 Å². The van der Waals surface area contributed by atoms with E-state index < -0.39 is 4.92 Å². The zero-order chi connectivity index (χ0) is 21.6. The predicted octanol–water partition coefficient (Wildman–Crippen LogP) is 3.79. The van der Waals surface area contributed by atoms with Gasteiger partial charge in [-0.15, -0.1) is 0 Å². The van der Waals surface area contributed by atoms with Crippen LogP contribution in [0.3, 0.4) is 0 Å². The summed E-state index contributed by atoms with van der Waals surface area (Å²) < 4.78 is 11.2. The summed E-state index contributed by atoms with van der Waals surface area (Å²) in [4.78, 5) is 22.7. The molecule has 1 aliphatic heterocycles. The quantitative estimate of drug-likeness (QED) is 0.426. The second kappa shape index (κ2) is 9.54. The average Bonchev–Trinajstić information content (AvgIpc) is 2.77. The molecule has 158 valence electrons. The summed E-state index contributed by atoms with van der Waals surface area (Å²) in [5, 5.41) is 13.8. The first-order valence-electron chi connectivity index (χ1n) is 9.87. The number of methoxy groups -OCH3 is 1. The number of nitro groups is 1. The summed E-state index contributed by atoms with van der Waals surface area (Å²) in [6, 6.07) is 12.2. The fourth-order valence-electron chi connectivity index (χ4n) is 3.73. The first kappa shape index (κ1) is 21.5. The van der Waals surface area contributed by atoms with E-state index >= 15 is 0 Å². The Hall–Kier alpha value is -3.19. The predicted molar refractivity (Wildman–Crippen MR) is 115 cm³/mol. The number of benzene rings is 2. The maximum absolute atomic E-state index is 12.5. The van der Waals surface area contributed by atoms with Gasteiger partial charge in [-0.25, -0.2) is 0 Å². The summed E-state index contributed by atoms with van der Waals surface area (Å²) >= 11 is 0. The van der Waals surface area contributed by atoms with E-state index in [1.807, 2.05) is 19.1 Å². The van der Waals surface area contributed by atoms with Crippen molar-refractivity contribution in [3.8, 4) is 5.75 Å². The van der Waals surface area contributed by atoms with Gasteiger partial charge < -0.3 is 14.8 Å². The minimum Gasteiger partial charge on any atom is -0.496 e. The molecule has 0 radical (unpaired) electrons. The molecule has 2 aromatic carbocycles. The Morgan fingerprint density at radius 2 is 1.93 bits per heavy atom. The summed E-state index contributed by atoms with van der Waals surface area (Å²) in [7, 11) is 1.66. The molecule has 1 saturated heterocycles. The smallest absolute Gasteiger partial charge is 0.269 e. The van der Waals surface area contributed by atoms with Gasteiger partial charge in [0, 0.05) is 48.9 Å². The van der Waals surface area contributed by atoms with Crippen molar-refractivity contribution >= 4 is 17.7 Å². The van der Waals surface area contributed by atoms with Gasteiger partial charge in [-0.1, -0.05) is 17.7 Å². The highest BCUT2D eigenvalue weighted by Gasteiger charge is 2.37. The number of aryl methyl sites for hydroxylation is 1. The molecule has 7 nitrogen and oxygen atoms in total. The van der Waals surface area contributed by atoms with Crippen LogP contribution < -0.4 is 10.1 Å². The summed E-state index contributed by atoms with van der Waals surface area (Å²) in [6.07, 6.45) is 4.67. The fourth-order valence-corrected chi connectivity index (χ4v) is 3.73. The number of amides is 1. The first-order valence-corrected chi connectivity index (χ1v) is 9.87. The van der Waals surface area contributed by atoms with Crippen molar-refractivity contribution in [1.29, 1.82) is 0 Å². The van der Waals surface area contributed by atoms with Gasteiger partial charge in [-0.05, 0) is 49.6 Å². The van der Waals surface area contributed by atoms with Gasteiger partial charge in [0.1, 0.15) is 5.75 Å². The number of nitro benzene ring substituents is 1. The van der Waals surface area contributed by atoms with Crippen molar-refractivity contribution in [2.24, 2.45) is 0 Å². The number of carbonyl (C=O) groups is 1. The minimum absolute atomic E-state index is 0.0187. The maximum atomic E-state index is 12.5. The van der Waals surface area contributed by atoms with E-state index in [1.54, 1.807) is 25.3 Å². The molecule has 1 aliphatic rings. The third kappa shape index (κ3) is 5.04. The molecule has 1 amide bonds. The van der Waals surface area contributed by atoms with Crippen LogP contribution in [0.25, 0.3) is 6.08 Å². The number of ether oxygens (including phenoxy) is 2. The number of nitrogens with one attached hydrogen (secondary N) is 1. The molecule has 30 heavy (non-hydrogen) atoms. The van der Waals surface area contributed by atoms with Crippen molar-refractivity contribution in [3.05, 3.63) is 75.3 Å². The standard InChI is InChI=1S/C23H26N2O5/c1-17-3-9-21(29-2)20(15-17)23(11-13-30-14-12-23)16-24-22(26)10-6-18-4-7-19(8-5-18)25(27)28/h3-10,15H,11-14,16H2,1-2H3,(H,24,26). The Labute approximate surface area is 175 Å². The maximum Gasteiger partial charge on any atom is 0.269 e. The Morgan fingerprint density at radius 1 is 1.23 bits per heavy atom. The van der Waals surface area contributed by atoms with E-state index in [9.17, 15) is 14.9 Å². The summed E-state index contributed by atoms with van der Waals surface area (Å²) in [6.45, 7) is 3.78. The number of hydrogen-bond acceptors (Lipinski definition) is 5. The lowest BCUT2D eigenvalue weighted by atomic mass is 9.73. The average molecular weight is 410 g/mol. The highest BCUT2D eigenvalue weighted by molar-refractivity contribution is 5.91. The Kier molecular flexibility index (Phi) is 6.84. The largest absolute Gasteiger partial charge is 0.496 e. The van der Waals surface area contributed by atoms with Crippen LogP contribution >= 0.6 is 0 Å². The molecule has 1 heterocycles. The van der Waals surface area contributed by atoms with Crippen LogP contribution in [0.4, 0.5) is 5.69 Å². The van der Waals surface area contributed by atoms with Gasteiger partial charge in [0.2, 0.25) is 5.91 Å². The normalized spacial score (nSPS) is 15.7. The number of rotatable bonds is 7. The minimum atomic E-state index is -0.451. The zero-order valence-corrected chi connectivity index (χ0v) is 17.2. The number of nitrogens with zero attached hydrogens (tertiary/aromatic N) is 1. The van der Waals surface area contributed by atoms with E-state index in [0.29, 0.717) is 19.8 Å². The first-order chi connectivity index (χ1) is 14.4. The van der Waals surface area contributed by atoms with Gasteiger partial charge in [0.15, 0.2) is 0 Å². The second-order valence-corrected chi connectivity index (χ2v) is 7.50. The van der Waals surface area contributed by atoms with Crippen LogP contribution in [0.15, 0.2) is 48.5 Å².